The molecule has 0 aliphatic carbocycles. The van der Waals surface area contributed by atoms with Crippen LogP contribution in [0.5, 0.6) is 5.75 Å². The molecule has 29 heavy (non-hydrogen) atoms. The van der Waals surface area contributed by atoms with Crippen molar-refractivity contribution in [1.29, 1.82) is 0 Å². The van der Waals surface area contributed by atoms with Crippen molar-refractivity contribution in [3.8, 4) is 5.75 Å². The number of thioether (sulfide) groups is 1. The molecule has 1 spiro atoms. The molecule has 2 aliphatic heterocycles. The third-order valence-corrected chi connectivity index (χ3v) is 7.90. The topological polar surface area (TPSA) is 49.9 Å². The van der Waals surface area contributed by atoms with E-state index in [-0.39, 0.29) is 16.7 Å². The summed E-state index contributed by atoms with van der Waals surface area (Å²) in [6.07, 6.45) is 5.84. The van der Waals surface area contributed by atoms with Crippen LogP contribution in [0.15, 0.2) is 24.3 Å². The largest absolute Gasteiger partial charge is 0.497 e. The van der Waals surface area contributed by atoms with E-state index in [0.29, 0.717) is 17.2 Å². The average Bonchev–Trinajstić information content (AvgIpc) is 3.17. The average molecular weight is 419 g/mol. The van der Waals surface area contributed by atoms with E-state index in [1.165, 1.54) is 0 Å². The molecule has 3 rings (SSSR count). The summed E-state index contributed by atoms with van der Waals surface area (Å²) in [6.45, 7) is 6.55. The Kier molecular flexibility index (Phi) is 7.49. The van der Waals surface area contributed by atoms with Crippen molar-refractivity contribution in [3.63, 3.8) is 0 Å². The fraction of sp³-hybridized carbons (Fsp3) is 0.652. The van der Waals surface area contributed by atoms with E-state index in [4.69, 9.17) is 4.74 Å². The minimum atomic E-state index is -0.179. The summed E-state index contributed by atoms with van der Waals surface area (Å²) in [5, 5.41) is 0. The summed E-state index contributed by atoms with van der Waals surface area (Å²) >= 11 is 1.88. The van der Waals surface area contributed by atoms with Crippen LogP contribution in [-0.2, 0) is 4.79 Å². The van der Waals surface area contributed by atoms with Crippen LogP contribution in [0, 0.1) is 5.92 Å². The Balaban J connectivity index is 1.67. The van der Waals surface area contributed by atoms with Crippen LogP contribution in [0.25, 0.3) is 0 Å². The zero-order chi connectivity index (χ0) is 20.9. The van der Waals surface area contributed by atoms with Gasteiger partial charge in [-0.05, 0) is 43.9 Å². The number of likely N-dealkylation sites (tertiary alicyclic amines) is 1. The van der Waals surface area contributed by atoms with Gasteiger partial charge < -0.3 is 14.5 Å². The van der Waals surface area contributed by atoms with Gasteiger partial charge in [0.05, 0.1) is 12.0 Å². The monoisotopic (exact) mass is 418 g/mol. The first kappa shape index (κ1) is 22.0. The Morgan fingerprint density at radius 1 is 1.21 bits per heavy atom. The Labute approximate surface area is 179 Å². The van der Waals surface area contributed by atoms with E-state index in [1.807, 2.05) is 45.8 Å². The molecule has 1 atom stereocenters. The highest BCUT2D eigenvalue weighted by atomic mass is 32.2. The Morgan fingerprint density at radius 2 is 1.97 bits per heavy atom. The number of amides is 2. The van der Waals surface area contributed by atoms with Gasteiger partial charge in [-0.25, -0.2) is 0 Å². The maximum absolute atomic E-state index is 13.3. The summed E-state index contributed by atoms with van der Waals surface area (Å²) in [7, 11) is 1.62. The normalized spacial score (nSPS) is 19.4. The highest BCUT2D eigenvalue weighted by Gasteiger charge is 2.47. The second-order valence-corrected chi connectivity index (χ2v) is 9.51. The molecule has 1 aromatic carbocycles. The van der Waals surface area contributed by atoms with Crippen LogP contribution in [0.2, 0.25) is 0 Å². The van der Waals surface area contributed by atoms with E-state index in [0.717, 1.165) is 63.9 Å². The first-order chi connectivity index (χ1) is 14.0. The van der Waals surface area contributed by atoms with Crippen molar-refractivity contribution in [3.05, 3.63) is 29.8 Å². The number of carbonyl (C=O) groups is 2. The number of hydrogen-bond acceptors (Lipinski definition) is 4. The molecule has 1 aromatic rings. The highest BCUT2D eigenvalue weighted by molar-refractivity contribution is 8.00. The lowest BCUT2D eigenvalue weighted by atomic mass is 9.95. The van der Waals surface area contributed by atoms with Gasteiger partial charge in [-0.2, -0.15) is 0 Å². The summed E-state index contributed by atoms with van der Waals surface area (Å²) < 4.78 is 5.29. The molecule has 0 unspecified atom stereocenters. The van der Waals surface area contributed by atoms with Crippen molar-refractivity contribution in [2.45, 2.75) is 57.2 Å². The van der Waals surface area contributed by atoms with E-state index >= 15 is 0 Å². The predicted molar refractivity (Wildman–Crippen MR) is 118 cm³/mol. The predicted octanol–water partition coefficient (Wildman–Crippen LogP) is 4.42. The number of hydrogen-bond donors (Lipinski definition) is 0. The maximum atomic E-state index is 13.3. The van der Waals surface area contributed by atoms with Gasteiger partial charge in [-0.3, -0.25) is 9.59 Å². The van der Waals surface area contributed by atoms with E-state index in [2.05, 4.69) is 13.8 Å². The van der Waals surface area contributed by atoms with Crippen LogP contribution in [0.3, 0.4) is 0 Å². The maximum Gasteiger partial charge on any atom is 0.255 e. The first-order valence-electron chi connectivity index (χ1n) is 10.9. The molecule has 0 N–H and O–H groups in total. The van der Waals surface area contributed by atoms with Crippen molar-refractivity contribution < 1.29 is 14.3 Å². The van der Waals surface area contributed by atoms with Crippen LogP contribution >= 0.6 is 11.8 Å². The minimum absolute atomic E-state index is 0.0723. The molecule has 2 saturated heterocycles. The van der Waals surface area contributed by atoms with Crippen LogP contribution in [0.4, 0.5) is 0 Å². The fourth-order valence-electron chi connectivity index (χ4n) is 4.51. The van der Waals surface area contributed by atoms with Gasteiger partial charge in [0.1, 0.15) is 5.75 Å². The zero-order valence-corrected chi connectivity index (χ0v) is 18.8. The number of rotatable bonds is 7. The summed E-state index contributed by atoms with van der Waals surface area (Å²) in [4.78, 5) is 30.1. The molecule has 2 aliphatic rings. The second kappa shape index (κ2) is 9.88. The lowest BCUT2D eigenvalue weighted by molar-refractivity contribution is -0.137. The van der Waals surface area contributed by atoms with Crippen molar-refractivity contribution in [2.75, 3.05) is 32.5 Å². The van der Waals surface area contributed by atoms with E-state index in [9.17, 15) is 9.59 Å². The number of methoxy groups -OCH3 is 1. The Morgan fingerprint density at radius 3 is 2.62 bits per heavy atom. The number of nitrogens with zero attached hydrogens (tertiary/aromatic N) is 2. The smallest absolute Gasteiger partial charge is 0.255 e. The van der Waals surface area contributed by atoms with Crippen molar-refractivity contribution in [1.82, 2.24) is 9.80 Å². The number of piperidine rings is 1. The molecular formula is C23H34N2O3S. The second-order valence-electron chi connectivity index (χ2n) is 8.06. The SMILES string of the molecule is CCCC[C@@H](CC)C(=O)N1CCC2(CC1)SCCN2C(=O)c1cccc(OC)c1. The Hall–Kier alpha value is -1.69. The lowest BCUT2D eigenvalue weighted by Crippen LogP contribution is -2.54. The quantitative estimate of drug-likeness (QED) is 0.658. The van der Waals surface area contributed by atoms with E-state index < -0.39 is 0 Å². The van der Waals surface area contributed by atoms with Gasteiger partial charge in [0, 0.05) is 36.9 Å². The van der Waals surface area contributed by atoms with Gasteiger partial charge in [0.15, 0.2) is 0 Å². The molecule has 2 amide bonds. The summed E-state index contributed by atoms with van der Waals surface area (Å²) in [5.41, 5.74) is 0.676. The van der Waals surface area contributed by atoms with Gasteiger partial charge in [0.2, 0.25) is 5.91 Å². The van der Waals surface area contributed by atoms with Gasteiger partial charge in [-0.15, -0.1) is 11.8 Å². The standard InChI is InChI=1S/C23H34N2O3S/c1-4-6-8-18(5-2)21(26)24-13-11-23(12-14-24)25(15-16-29-23)22(27)19-9-7-10-20(17-19)28-3/h7,9-10,17-18H,4-6,8,11-16H2,1-3H3/t18-/m1/s1. The zero-order valence-electron chi connectivity index (χ0n) is 18.0. The molecule has 0 aromatic heterocycles. The van der Waals surface area contributed by atoms with Gasteiger partial charge in [-0.1, -0.05) is 32.8 Å². The molecule has 160 valence electrons. The van der Waals surface area contributed by atoms with Crippen LogP contribution in [0.1, 0.15) is 62.7 Å². The van der Waals surface area contributed by atoms with Gasteiger partial charge in [0.25, 0.3) is 5.91 Å². The lowest BCUT2D eigenvalue weighted by Gasteiger charge is -2.44. The van der Waals surface area contributed by atoms with E-state index in [1.54, 1.807) is 7.11 Å². The highest BCUT2D eigenvalue weighted by Crippen LogP contribution is 2.45. The minimum Gasteiger partial charge on any atom is -0.497 e. The number of carbonyl (C=O) groups excluding carboxylic acids is 2. The third-order valence-electron chi connectivity index (χ3n) is 6.34. The Bertz CT molecular complexity index is 716. The molecular weight excluding hydrogens is 384 g/mol. The van der Waals surface area contributed by atoms with Crippen molar-refractivity contribution >= 4 is 23.6 Å². The summed E-state index contributed by atoms with van der Waals surface area (Å²) in [5.74, 6) is 2.19. The first-order valence-corrected chi connectivity index (χ1v) is 11.9. The number of ether oxygens (including phenoxy) is 1. The van der Waals surface area contributed by atoms with Crippen molar-refractivity contribution in [2.24, 2.45) is 5.92 Å². The molecule has 2 fully saturated rings. The molecule has 0 bridgehead atoms. The molecule has 6 heteroatoms. The van der Waals surface area contributed by atoms with Gasteiger partial charge >= 0.3 is 0 Å². The number of benzene rings is 1. The van der Waals surface area contributed by atoms with Crippen LogP contribution in [-0.4, -0.2) is 59.0 Å². The fourth-order valence-corrected chi connectivity index (χ4v) is 5.96. The number of unbranched alkanes of at least 4 members (excludes halogenated alkanes) is 1. The molecule has 0 saturated carbocycles. The third kappa shape index (κ3) is 4.73. The molecule has 0 radical (unpaired) electrons. The van der Waals surface area contributed by atoms with Crippen LogP contribution < -0.4 is 4.74 Å². The summed E-state index contributed by atoms with van der Waals surface area (Å²) in [6, 6.07) is 7.40. The molecule has 5 nitrogen and oxygen atoms in total. The molecule has 2 heterocycles.